The molecule has 0 aliphatic carbocycles. The molecule has 1 aliphatic heterocycles. The van der Waals surface area contributed by atoms with Crippen LogP contribution in [0.15, 0.2) is 42.7 Å². The maximum atomic E-state index is 12.7. The van der Waals surface area contributed by atoms with Crippen molar-refractivity contribution in [3.05, 3.63) is 53.9 Å². The summed E-state index contributed by atoms with van der Waals surface area (Å²) in [6.45, 7) is 5.80. The fourth-order valence-corrected chi connectivity index (χ4v) is 3.29. The van der Waals surface area contributed by atoms with Crippen molar-refractivity contribution in [1.29, 1.82) is 0 Å². The van der Waals surface area contributed by atoms with Gasteiger partial charge in [-0.25, -0.2) is 0 Å². The topological polar surface area (TPSA) is 50.2 Å². The van der Waals surface area contributed by atoms with Crippen LogP contribution in [0.3, 0.4) is 0 Å². The van der Waals surface area contributed by atoms with Gasteiger partial charge in [0, 0.05) is 37.6 Å². The monoisotopic (exact) mass is 338 g/mol. The Morgan fingerprint density at radius 2 is 2.08 bits per heavy atom. The van der Waals surface area contributed by atoms with Crippen molar-refractivity contribution in [3.8, 4) is 0 Å². The van der Waals surface area contributed by atoms with Gasteiger partial charge < -0.3 is 5.32 Å². The molecule has 5 heteroatoms. The van der Waals surface area contributed by atoms with E-state index >= 15 is 0 Å². The highest BCUT2D eigenvalue weighted by atomic mass is 16.2. The van der Waals surface area contributed by atoms with Crippen LogP contribution in [0.25, 0.3) is 5.57 Å². The first kappa shape index (κ1) is 17.4. The van der Waals surface area contributed by atoms with Gasteiger partial charge >= 0.3 is 0 Å². The summed E-state index contributed by atoms with van der Waals surface area (Å²) in [5.74, 6) is 0.0737. The Balaban J connectivity index is 1.64. The van der Waals surface area contributed by atoms with Crippen molar-refractivity contribution >= 4 is 17.2 Å². The van der Waals surface area contributed by atoms with E-state index in [4.69, 9.17) is 0 Å². The Hall–Kier alpha value is -2.40. The molecule has 0 fully saturated rings. The normalized spacial score (nSPS) is 16.4. The molecular weight excluding hydrogens is 312 g/mol. The van der Waals surface area contributed by atoms with Gasteiger partial charge in [-0.1, -0.05) is 30.7 Å². The first-order valence-electron chi connectivity index (χ1n) is 8.86. The predicted molar refractivity (Wildman–Crippen MR) is 101 cm³/mol. The zero-order valence-corrected chi connectivity index (χ0v) is 15.2. The lowest BCUT2D eigenvalue weighted by molar-refractivity contribution is -0.121. The molecule has 0 saturated heterocycles. The van der Waals surface area contributed by atoms with E-state index in [1.54, 1.807) is 0 Å². The number of hydrogen-bond acceptors (Lipinski definition) is 3. The minimum Gasteiger partial charge on any atom is -0.325 e. The minimum absolute atomic E-state index is 0.0737. The van der Waals surface area contributed by atoms with Crippen LogP contribution in [-0.4, -0.2) is 39.7 Å². The highest BCUT2D eigenvalue weighted by Gasteiger charge is 2.26. The van der Waals surface area contributed by atoms with Gasteiger partial charge in [-0.3, -0.25) is 14.4 Å². The summed E-state index contributed by atoms with van der Waals surface area (Å²) in [7, 11) is 1.93. The molecular formula is C20H26N4O. The van der Waals surface area contributed by atoms with Crippen LogP contribution in [0.4, 0.5) is 5.69 Å². The second-order valence-corrected chi connectivity index (χ2v) is 6.66. The lowest BCUT2D eigenvalue weighted by Crippen LogP contribution is -2.45. The smallest absolute Gasteiger partial charge is 0.241 e. The van der Waals surface area contributed by atoms with E-state index in [1.807, 2.05) is 55.3 Å². The number of carbonyl (C=O) groups excluding carboxylic acids is 1. The van der Waals surface area contributed by atoms with E-state index < -0.39 is 0 Å². The van der Waals surface area contributed by atoms with Crippen molar-refractivity contribution in [2.45, 2.75) is 32.7 Å². The molecule has 5 nitrogen and oxygen atoms in total. The van der Waals surface area contributed by atoms with Crippen LogP contribution in [0.1, 0.15) is 30.9 Å². The summed E-state index contributed by atoms with van der Waals surface area (Å²) in [6, 6.07) is 7.83. The lowest BCUT2D eigenvalue weighted by atomic mass is 10.0. The van der Waals surface area contributed by atoms with E-state index in [0.29, 0.717) is 0 Å². The van der Waals surface area contributed by atoms with Crippen molar-refractivity contribution in [2.24, 2.45) is 7.05 Å². The predicted octanol–water partition coefficient (Wildman–Crippen LogP) is 3.23. The molecule has 0 saturated carbocycles. The molecule has 25 heavy (non-hydrogen) atoms. The Morgan fingerprint density at radius 1 is 1.32 bits per heavy atom. The van der Waals surface area contributed by atoms with E-state index in [-0.39, 0.29) is 11.9 Å². The summed E-state index contributed by atoms with van der Waals surface area (Å²) in [5, 5.41) is 7.29. The van der Waals surface area contributed by atoms with Gasteiger partial charge in [-0.05, 0) is 37.5 Å². The quantitative estimate of drug-likeness (QED) is 0.910. The highest BCUT2D eigenvalue weighted by molar-refractivity contribution is 5.94. The van der Waals surface area contributed by atoms with Gasteiger partial charge in [0.05, 0.1) is 12.2 Å². The summed E-state index contributed by atoms with van der Waals surface area (Å²) in [4.78, 5) is 14.9. The van der Waals surface area contributed by atoms with E-state index in [1.165, 1.54) is 16.7 Å². The van der Waals surface area contributed by atoms with Crippen molar-refractivity contribution < 1.29 is 4.79 Å². The minimum atomic E-state index is -0.104. The standard InChI is InChI=1S/C20H26N4O/c1-4-19(20(25)22-18-7-5-15(2)6-8-18)24-11-9-16(10-12-24)17-13-21-23(3)14-17/h5-9,13-14,19H,4,10-12H2,1-3H3,(H,22,25). The molecule has 0 radical (unpaired) electrons. The number of aryl methyl sites for hydroxylation is 2. The Labute approximate surface area is 149 Å². The molecule has 1 unspecified atom stereocenters. The van der Waals surface area contributed by atoms with Crippen molar-refractivity contribution in [3.63, 3.8) is 0 Å². The number of hydrogen-bond donors (Lipinski definition) is 1. The molecule has 0 spiro atoms. The number of aromatic nitrogens is 2. The molecule has 2 heterocycles. The molecule has 1 N–H and O–H groups in total. The van der Waals surface area contributed by atoms with Gasteiger partial charge in [-0.15, -0.1) is 0 Å². The maximum Gasteiger partial charge on any atom is 0.241 e. The first-order valence-corrected chi connectivity index (χ1v) is 8.86. The molecule has 1 amide bonds. The molecule has 1 aromatic heterocycles. The lowest BCUT2D eigenvalue weighted by Gasteiger charge is -2.32. The van der Waals surface area contributed by atoms with Crippen LogP contribution in [0.2, 0.25) is 0 Å². The average molecular weight is 338 g/mol. The fourth-order valence-electron chi connectivity index (χ4n) is 3.29. The molecule has 0 bridgehead atoms. The number of nitrogens with one attached hydrogen (secondary N) is 1. The van der Waals surface area contributed by atoms with Crippen LogP contribution in [-0.2, 0) is 11.8 Å². The molecule has 1 aliphatic rings. The van der Waals surface area contributed by atoms with Crippen molar-refractivity contribution in [1.82, 2.24) is 14.7 Å². The summed E-state index contributed by atoms with van der Waals surface area (Å²) >= 11 is 0. The first-order chi connectivity index (χ1) is 12.1. The number of rotatable bonds is 5. The Bertz CT molecular complexity index is 760. The van der Waals surface area contributed by atoms with Crippen molar-refractivity contribution in [2.75, 3.05) is 18.4 Å². The third kappa shape index (κ3) is 4.17. The SMILES string of the molecule is CCC(C(=O)Nc1ccc(C)cc1)N1CC=C(c2cnn(C)c2)CC1. The Morgan fingerprint density at radius 3 is 2.64 bits per heavy atom. The molecule has 1 aromatic carbocycles. The molecule has 2 aromatic rings. The average Bonchev–Trinajstić information content (AvgIpc) is 3.05. The second-order valence-electron chi connectivity index (χ2n) is 6.66. The maximum absolute atomic E-state index is 12.7. The largest absolute Gasteiger partial charge is 0.325 e. The van der Waals surface area contributed by atoms with Crippen LogP contribution < -0.4 is 5.32 Å². The molecule has 3 rings (SSSR count). The summed E-state index contributed by atoms with van der Waals surface area (Å²) < 4.78 is 1.83. The number of benzene rings is 1. The number of nitrogens with zero attached hydrogens (tertiary/aromatic N) is 3. The van der Waals surface area contributed by atoms with E-state index in [9.17, 15) is 4.79 Å². The third-order valence-electron chi connectivity index (χ3n) is 4.77. The van der Waals surface area contributed by atoms with Gasteiger partial charge in [0.2, 0.25) is 5.91 Å². The molecule has 1 atom stereocenters. The van der Waals surface area contributed by atoms with Gasteiger partial charge in [0.25, 0.3) is 0 Å². The van der Waals surface area contributed by atoms with Crippen LogP contribution in [0, 0.1) is 6.92 Å². The zero-order valence-electron chi connectivity index (χ0n) is 15.2. The number of carbonyl (C=O) groups is 1. The van der Waals surface area contributed by atoms with Crippen LogP contribution >= 0.6 is 0 Å². The van der Waals surface area contributed by atoms with E-state index in [2.05, 4.69) is 28.3 Å². The Kier molecular flexibility index (Phi) is 5.34. The van der Waals surface area contributed by atoms with Gasteiger partial charge in [-0.2, -0.15) is 5.10 Å². The third-order valence-corrected chi connectivity index (χ3v) is 4.77. The summed E-state index contributed by atoms with van der Waals surface area (Å²) in [6.07, 6.45) is 7.92. The zero-order chi connectivity index (χ0) is 17.8. The van der Waals surface area contributed by atoms with Crippen LogP contribution in [0.5, 0.6) is 0 Å². The number of anilines is 1. The summed E-state index contributed by atoms with van der Waals surface area (Å²) in [5.41, 5.74) is 4.55. The highest BCUT2D eigenvalue weighted by Crippen LogP contribution is 2.24. The van der Waals surface area contributed by atoms with Gasteiger partial charge in [0.15, 0.2) is 0 Å². The van der Waals surface area contributed by atoms with E-state index in [0.717, 1.165) is 31.6 Å². The number of amides is 1. The fraction of sp³-hybridized carbons (Fsp3) is 0.400. The van der Waals surface area contributed by atoms with Gasteiger partial charge in [0.1, 0.15) is 0 Å². The second kappa shape index (κ2) is 7.66. The molecule has 132 valence electrons.